The topological polar surface area (TPSA) is 33.0 Å². The number of hydrogen-bond acceptors (Lipinski definition) is 2. The van der Waals surface area contributed by atoms with Crippen LogP contribution in [0.15, 0.2) is 12.1 Å². The van der Waals surface area contributed by atoms with E-state index in [4.69, 9.17) is 4.43 Å². The third kappa shape index (κ3) is 3.78. The molecular formula is C28H43NOSi. The van der Waals surface area contributed by atoms with E-state index < -0.39 is 8.32 Å². The third-order valence-electron chi connectivity index (χ3n) is 9.99. The molecule has 31 heavy (non-hydrogen) atoms. The van der Waals surface area contributed by atoms with Crippen LogP contribution in [0.4, 0.5) is 0 Å². The van der Waals surface area contributed by atoms with Crippen LogP contribution < -0.4 is 4.43 Å². The van der Waals surface area contributed by atoms with Crippen LogP contribution in [-0.2, 0) is 12.8 Å². The van der Waals surface area contributed by atoms with Gasteiger partial charge in [-0.2, -0.15) is 5.26 Å². The Morgan fingerprint density at radius 2 is 1.90 bits per heavy atom. The summed E-state index contributed by atoms with van der Waals surface area (Å²) in [5.74, 6) is 4.13. The first-order valence-corrected chi connectivity index (χ1v) is 15.6. The summed E-state index contributed by atoms with van der Waals surface area (Å²) in [4.78, 5) is 0. The maximum Gasteiger partial charge on any atom is 0.250 e. The molecule has 2 fully saturated rings. The predicted molar refractivity (Wildman–Crippen MR) is 132 cm³/mol. The summed E-state index contributed by atoms with van der Waals surface area (Å²) < 4.78 is 6.83. The van der Waals surface area contributed by atoms with Gasteiger partial charge in [0, 0.05) is 6.42 Å². The van der Waals surface area contributed by atoms with Crippen molar-refractivity contribution >= 4 is 8.32 Å². The van der Waals surface area contributed by atoms with Crippen molar-refractivity contribution in [3.8, 4) is 11.8 Å². The van der Waals surface area contributed by atoms with Crippen molar-refractivity contribution in [2.75, 3.05) is 0 Å². The molecule has 0 N–H and O–H groups in total. The van der Waals surface area contributed by atoms with Gasteiger partial charge in [-0.05, 0) is 115 Å². The third-order valence-corrected chi connectivity index (χ3v) is 14.3. The van der Waals surface area contributed by atoms with E-state index in [2.05, 4.69) is 65.9 Å². The molecular weight excluding hydrogens is 394 g/mol. The van der Waals surface area contributed by atoms with Crippen molar-refractivity contribution in [3.05, 3.63) is 28.8 Å². The van der Waals surface area contributed by atoms with E-state index in [-0.39, 0.29) is 5.04 Å². The van der Waals surface area contributed by atoms with Crippen molar-refractivity contribution in [1.82, 2.24) is 0 Å². The van der Waals surface area contributed by atoms with E-state index in [1.165, 1.54) is 49.8 Å². The number of nitriles is 1. The van der Waals surface area contributed by atoms with Crippen LogP contribution in [0, 0.1) is 34.5 Å². The molecule has 3 aliphatic carbocycles. The molecule has 4 rings (SSSR count). The Morgan fingerprint density at radius 3 is 2.55 bits per heavy atom. The molecule has 2 saturated carbocycles. The van der Waals surface area contributed by atoms with Crippen LogP contribution >= 0.6 is 0 Å². The van der Waals surface area contributed by atoms with Crippen LogP contribution in [0.2, 0.25) is 18.1 Å². The number of benzene rings is 1. The van der Waals surface area contributed by atoms with Gasteiger partial charge in [0.1, 0.15) is 5.75 Å². The highest BCUT2D eigenvalue weighted by molar-refractivity contribution is 6.74. The van der Waals surface area contributed by atoms with Gasteiger partial charge in [0.15, 0.2) is 0 Å². The second-order valence-corrected chi connectivity index (χ2v) is 17.2. The van der Waals surface area contributed by atoms with E-state index in [1.807, 2.05) is 0 Å². The Hall–Kier alpha value is -1.27. The number of rotatable bonds is 4. The molecule has 1 aromatic rings. The zero-order valence-corrected chi connectivity index (χ0v) is 22.0. The molecule has 0 unspecified atom stereocenters. The van der Waals surface area contributed by atoms with Gasteiger partial charge in [0.25, 0.3) is 0 Å². The summed E-state index contributed by atoms with van der Waals surface area (Å²) in [5, 5.41) is 9.57. The first-order chi connectivity index (χ1) is 14.5. The first kappa shape index (κ1) is 22.9. The van der Waals surface area contributed by atoms with Crippen molar-refractivity contribution in [2.24, 2.45) is 23.2 Å². The fraction of sp³-hybridized carbons (Fsp3) is 0.750. The van der Waals surface area contributed by atoms with E-state index in [0.29, 0.717) is 11.3 Å². The number of nitrogens with zero attached hydrogens (tertiary/aromatic N) is 1. The summed E-state index contributed by atoms with van der Waals surface area (Å²) in [6.07, 6.45) is 9.53. The Bertz CT molecular complexity index is 876. The Kier molecular flexibility index (Phi) is 5.87. The number of fused-ring (bicyclic) bond motifs is 5. The van der Waals surface area contributed by atoms with Gasteiger partial charge in [0.05, 0.1) is 6.07 Å². The van der Waals surface area contributed by atoms with Gasteiger partial charge in [-0.15, -0.1) is 0 Å². The molecule has 5 atom stereocenters. The molecule has 0 heterocycles. The molecule has 0 bridgehead atoms. The van der Waals surface area contributed by atoms with E-state index in [0.717, 1.165) is 30.6 Å². The average molecular weight is 438 g/mol. The van der Waals surface area contributed by atoms with Gasteiger partial charge in [0.2, 0.25) is 8.32 Å². The summed E-state index contributed by atoms with van der Waals surface area (Å²) in [6, 6.07) is 7.47. The standard InChI is InChI=1S/C28H43NOSi/c1-8-19-17-24-20(18-26(19)30-31(6,7)27(2,3)4)9-11-23-22(24)13-15-28(5)21(14-16-29)10-12-25(23)28/h17-18,21-23,25H,8-15H2,1-7H3/t21-,22+,23-,25+,28-/m1/s1. The van der Waals surface area contributed by atoms with E-state index in [1.54, 1.807) is 11.1 Å². The van der Waals surface area contributed by atoms with Gasteiger partial charge in [-0.1, -0.05) is 40.7 Å². The highest BCUT2D eigenvalue weighted by Crippen LogP contribution is 2.63. The second kappa shape index (κ2) is 7.94. The van der Waals surface area contributed by atoms with Crippen molar-refractivity contribution in [1.29, 1.82) is 5.26 Å². The van der Waals surface area contributed by atoms with Crippen molar-refractivity contribution in [3.63, 3.8) is 0 Å². The van der Waals surface area contributed by atoms with Crippen LogP contribution in [0.1, 0.15) is 95.8 Å². The smallest absolute Gasteiger partial charge is 0.250 e. The lowest BCUT2D eigenvalue weighted by atomic mass is 9.54. The lowest BCUT2D eigenvalue weighted by Crippen LogP contribution is -2.44. The first-order valence-electron chi connectivity index (χ1n) is 12.7. The highest BCUT2D eigenvalue weighted by Gasteiger charge is 2.54. The molecule has 1 aromatic carbocycles. The number of aryl methyl sites for hydroxylation is 2. The quantitative estimate of drug-likeness (QED) is 0.447. The molecule has 3 aliphatic rings. The molecule has 170 valence electrons. The lowest BCUT2D eigenvalue weighted by molar-refractivity contribution is 0.0297. The Balaban J connectivity index is 1.64. The summed E-state index contributed by atoms with van der Waals surface area (Å²) >= 11 is 0. The minimum Gasteiger partial charge on any atom is -0.543 e. The molecule has 0 spiro atoms. The van der Waals surface area contributed by atoms with Crippen LogP contribution in [0.3, 0.4) is 0 Å². The molecule has 0 aromatic heterocycles. The van der Waals surface area contributed by atoms with E-state index in [9.17, 15) is 5.26 Å². The Labute approximate surface area is 191 Å². The predicted octanol–water partition coefficient (Wildman–Crippen LogP) is 8.02. The van der Waals surface area contributed by atoms with E-state index >= 15 is 0 Å². The minimum atomic E-state index is -1.84. The summed E-state index contributed by atoms with van der Waals surface area (Å²) in [5.41, 5.74) is 5.00. The highest BCUT2D eigenvalue weighted by atomic mass is 28.4. The molecule has 0 saturated heterocycles. The van der Waals surface area contributed by atoms with Crippen molar-refractivity contribution in [2.45, 2.75) is 110 Å². The summed E-state index contributed by atoms with van der Waals surface area (Å²) in [7, 11) is -1.84. The van der Waals surface area contributed by atoms with Crippen LogP contribution in [0.5, 0.6) is 5.75 Å². The fourth-order valence-corrected chi connectivity index (χ4v) is 8.05. The van der Waals surface area contributed by atoms with Crippen LogP contribution in [-0.4, -0.2) is 8.32 Å². The maximum absolute atomic E-state index is 9.35. The van der Waals surface area contributed by atoms with Gasteiger partial charge >= 0.3 is 0 Å². The maximum atomic E-state index is 9.35. The van der Waals surface area contributed by atoms with Crippen LogP contribution in [0.25, 0.3) is 0 Å². The second-order valence-electron chi connectivity index (χ2n) is 12.5. The summed E-state index contributed by atoms with van der Waals surface area (Å²) in [6.45, 7) is 16.5. The van der Waals surface area contributed by atoms with Crippen molar-refractivity contribution < 1.29 is 4.43 Å². The molecule has 0 amide bonds. The monoisotopic (exact) mass is 437 g/mol. The largest absolute Gasteiger partial charge is 0.543 e. The van der Waals surface area contributed by atoms with Gasteiger partial charge in [-0.25, -0.2) is 0 Å². The Morgan fingerprint density at radius 1 is 1.16 bits per heavy atom. The zero-order chi connectivity index (χ0) is 22.6. The number of hydrogen-bond donors (Lipinski definition) is 0. The normalized spacial score (nSPS) is 32.6. The van der Waals surface area contributed by atoms with Gasteiger partial charge < -0.3 is 4.43 Å². The average Bonchev–Trinajstić information content (AvgIpc) is 3.03. The molecule has 3 heteroatoms. The fourth-order valence-electron chi connectivity index (χ4n) is 7.00. The van der Waals surface area contributed by atoms with Gasteiger partial charge in [-0.3, -0.25) is 0 Å². The lowest BCUT2D eigenvalue weighted by Gasteiger charge is -2.51. The molecule has 0 aliphatic heterocycles. The minimum absolute atomic E-state index is 0.218. The molecule has 2 nitrogen and oxygen atoms in total. The molecule has 0 radical (unpaired) electrons. The zero-order valence-electron chi connectivity index (χ0n) is 21.0. The SMILES string of the molecule is CCc1cc2c(cc1O[Si](C)(C)C(C)(C)C)CC[C@@H]1[C@@H]2CC[C@]2(C)[C@@H](CC#N)CC[C@@H]12.